The molecule has 0 fully saturated rings. The van der Waals surface area contributed by atoms with Crippen LogP contribution >= 0.6 is 0 Å². The van der Waals surface area contributed by atoms with E-state index in [1.807, 2.05) is 0 Å². The lowest BCUT2D eigenvalue weighted by atomic mass is 9.96. The van der Waals surface area contributed by atoms with Gasteiger partial charge in [-0.05, 0) is 19.9 Å². The number of hydrogen-bond donors (Lipinski definition) is 3. The topological polar surface area (TPSA) is 110 Å². The second kappa shape index (κ2) is 4.46. The fourth-order valence-corrected chi connectivity index (χ4v) is 1.81. The Bertz CT molecular complexity index is 431. The number of nitro groups is 1. The predicted octanol–water partition coefficient (Wildman–Crippen LogP) is 0.909. The van der Waals surface area contributed by atoms with E-state index >= 15 is 0 Å². The first-order valence-electron chi connectivity index (χ1n) is 4.74. The Balaban J connectivity index is 3.51. The Kier molecular flexibility index (Phi) is 3.46. The molecule has 0 unspecified atom stereocenters. The first kappa shape index (κ1) is 12.4. The van der Waals surface area contributed by atoms with Crippen LogP contribution in [0, 0.1) is 24.0 Å². The summed E-state index contributed by atoms with van der Waals surface area (Å²) in [6, 6.07) is 0.468. The number of benzene rings is 1. The molecule has 0 aliphatic heterocycles. The van der Waals surface area contributed by atoms with Crippen LogP contribution in [-0.4, -0.2) is 21.7 Å². The minimum atomic E-state index is -0.820. The van der Waals surface area contributed by atoms with Gasteiger partial charge in [0.25, 0.3) is 5.69 Å². The number of aromatic hydroxyl groups is 1. The first-order chi connectivity index (χ1) is 7.40. The van der Waals surface area contributed by atoms with Gasteiger partial charge in [0.1, 0.15) is 5.75 Å². The molecular weight excluding hydrogens is 212 g/mol. The summed E-state index contributed by atoms with van der Waals surface area (Å²) in [5.74, 6) is -0.123. The van der Waals surface area contributed by atoms with Crippen molar-refractivity contribution in [2.75, 3.05) is 6.61 Å². The molecule has 1 aromatic carbocycles. The predicted molar refractivity (Wildman–Crippen MR) is 58.2 cm³/mol. The largest absolute Gasteiger partial charge is 0.508 e. The molecule has 6 heteroatoms. The molecule has 1 aromatic rings. The number of hydrogen-bond acceptors (Lipinski definition) is 5. The van der Waals surface area contributed by atoms with Gasteiger partial charge in [0, 0.05) is 16.7 Å². The molecular formula is C10H14N2O4. The summed E-state index contributed by atoms with van der Waals surface area (Å²) < 4.78 is 0. The van der Waals surface area contributed by atoms with Crippen molar-refractivity contribution in [3.63, 3.8) is 0 Å². The molecule has 0 bridgehead atoms. The Morgan fingerprint density at radius 2 is 2.12 bits per heavy atom. The number of rotatable bonds is 3. The summed E-state index contributed by atoms with van der Waals surface area (Å²) in [7, 11) is 0. The lowest BCUT2D eigenvalue weighted by Gasteiger charge is -2.15. The monoisotopic (exact) mass is 226 g/mol. The van der Waals surface area contributed by atoms with E-state index in [1.54, 1.807) is 6.92 Å². The van der Waals surface area contributed by atoms with Crippen LogP contribution < -0.4 is 5.73 Å². The van der Waals surface area contributed by atoms with Gasteiger partial charge in [-0.3, -0.25) is 10.1 Å². The van der Waals surface area contributed by atoms with Crippen molar-refractivity contribution in [2.24, 2.45) is 5.73 Å². The molecule has 16 heavy (non-hydrogen) atoms. The summed E-state index contributed by atoms with van der Waals surface area (Å²) in [5.41, 5.74) is 6.40. The van der Waals surface area contributed by atoms with E-state index in [9.17, 15) is 15.2 Å². The number of aryl methyl sites for hydroxylation is 1. The van der Waals surface area contributed by atoms with Crippen LogP contribution in [0.2, 0.25) is 0 Å². The number of nitro benzene ring substituents is 1. The molecule has 0 spiro atoms. The molecule has 0 aliphatic rings. The van der Waals surface area contributed by atoms with Crippen LogP contribution in [0.3, 0.4) is 0 Å². The lowest BCUT2D eigenvalue weighted by molar-refractivity contribution is -0.386. The molecule has 4 N–H and O–H groups in total. The van der Waals surface area contributed by atoms with E-state index in [2.05, 4.69) is 0 Å². The van der Waals surface area contributed by atoms with Gasteiger partial charge in [0.05, 0.1) is 17.6 Å². The van der Waals surface area contributed by atoms with Gasteiger partial charge in [-0.15, -0.1) is 0 Å². The molecule has 6 nitrogen and oxygen atoms in total. The Labute approximate surface area is 92.5 Å². The van der Waals surface area contributed by atoms with Crippen molar-refractivity contribution in [1.82, 2.24) is 0 Å². The number of nitrogens with zero attached hydrogens (tertiary/aromatic N) is 1. The summed E-state index contributed by atoms with van der Waals surface area (Å²) in [6.45, 7) is 2.67. The number of nitrogens with two attached hydrogens (primary N) is 1. The van der Waals surface area contributed by atoms with E-state index < -0.39 is 11.0 Å². The van der Waals surface area contributed by atoms with Crippen LogP contribution in [0.25, 0.3) is 0 Å². The maximum absolute atomic E-state index is 10.8. The third-order valence-corrected chi connectivity index (χ3v) is 2.51. The van der Waals surface area contributed by atoms with E-state index in [4.69, 9.17) is 10.8 Å². The number of phenolic OH excluding ortho intramolecular Hbond substituents is 1. The van der Waals surface area contributed by atoms with Crippen molar-refractivity contribution in [3.8, 4) is 5.75 Å². The van der Waals surface area contributed by atoms with Gasteiger partial charge in [-0.25, -0.2) is 0 Å². The second-order valence-corrected chi connectivity index (χ2v) is 3.65. The highest BCUT2D eigenvalue weighted by Crippen LogP contribution is 2.35. The zero-order valence-electron chi connectivity index (χ0n) is 9.10. The van der Waals surface area contributed by atoms with Crippen LogP contribution in [0.4, 0.5) is 5.69 Å². The zero-order valence-corrected chi connectivity index (χ0v) is 9.10. The normalized spacial score (nSPS) is 12.5. The molecule has 0 amide bonds. The molecule has 1 rings (SSSR count). The fraction of sp³-hybridized carbons (Fsp3) is 0.400. The first-order valence-corrected chi connectivity index (χ1v) is 4.74. The van der Waals surface area contributed by atoms with E-state index in [-0.39, 0.29) is 23.6 Å². The van der Waals surface area contributed by atoms with Gasteiger partial charge in [0.15, 0.2) is 0 Å². The third-order valence-electron chi connectivity index (χ3n) is 2.51. The van der Waals surface area contributed by atoms with Gasteiger partial charge >= 0.3 is 0 Å². The van der Waals surface area contributed by atoms with E-state index in [0.717, 1.165) is 0 Å². The van der Waals surface area contributed by atoms with Gasteiger partial charge in [-0.2, -0.15) is 0 Å². The highest BCUT2D eigenvalue weighted by Gasteiger charge is 2.23. The van der Waals surface area contributed by atoms with Gasteiger partial charge in [0.2, 0.25) is 0 Å². The van der Waals surface area contributed by atoms with E-state index in [0.29, 0.717) is 11.1 Å². The molecule has 0 aliphatic carbocycles. The summed E-state index contributed by atoms with van der Waals surface area (Å²) >= 11 is 0. The average Bonchev–Trinajstić information content (AvgIpc) is 2.15. The standard InChI is InChI=1S/C10H14N2O4/c1-5-3-8(14)9(7(11)4-13)6(2)10(5)12(15)16/h3,7,13-14H,4,11H2,1-2H3/t7-/m0/s1. The molecule has 0 heterocycles. The summed E-state index contributed by atoms with van der Waals surface area (Å²) in [4.78, 5) is 10.3. The number of aliphatic hydroxyl groups excluding tert-OH is 1. The minimum Gasteiger partial charge on any atom is -0.508 e. The van der Waals surface area contributed by atoms with Crippen LogP contribution in [0.15, 0.2) is 6.07 Å². The highest BCUT2D eigenvalue weighted by atomic mass is 16.6. The maximum Gasteiger partial charge on any atom is 0.275 e. The summed E-state index contributed by atoms with van der Waals surface area (Å²) in [5, 5.41) is 29.4. The van der Waals surface area contributed by atoms with Crippen molar-refractivity contribution in [3.05, 3.63) is 32.9 Å². The van der Waals surface area contributed by atoms with Gasteiger partial charge < -0.3 is 15.9 Å². The maximum atomic E-state index is 10.8. The van der Waals surface area contributed by atoms with Crippen LogP contribution in [-0.2, 0) is 0 Å². The second-order valence-electron chi connectivity index (χ2n) is 3.65. The van der Waals surface area contributed by atoms with Crippen molar-refractivity contribution < 1.29 is 15.1 Å². The Hall–Kier alpha value is -1.66. The van der Waals surface area contributed by atoms with E-state index in [1.165, 1.54) is 13.0 Å². The number of aliphatic hydroxyl groups is 1. The quantitative estimate of drug-likeness (QED) is 0.524. The average molecular weight is 226 g/mol. The van der Waals surface area contributed by atoms with Crippen LogP contribution in [0.5, 0.6) is 5.75 Å². The SMILES string of the molecule is Cc1cc(O)c([C@@H](N)CO)c(C)c1[N+](=O)[O-]. The minimum absolute atomic E-state index is 0.0725. The molecule has 0 saturated heterocycles. The molecule has 1 atom stereocenters. The third kappa shape index (κ3) is 1.98. The highest BCUT2D eigenvalue weighted by molar-refractivity contribution is 5.57. The molecule has 88 valence electrons. The Morgan fingerprint density at radius 3 is 2.56 bits per heavy atom. The number of phenols is 1. The van der Waals surface area contributed by atoms with Crippen LogP contribution in [0.1, 0.15) is 22.7 Å². The van der Waals surface area contributed by atoms with Crippen molar-refractivity contribution >= 4 is 5.69 Å². The zero-order chi connectivity index (χ0) is 12.5. The fourth-order valence-electron chi connectivity index (χ4n) is 1.81. The molecule has 0 saturated carbocycles. The van der Waals surface area contributed by atoms with Crippen molar-refractivity contribution in [1.29, 1.82) is 0 Å². The molecule has 0 aromatic heterocycles. The Morgan fingerprint density at radius 1 is 1.56 bits per heavy atom. The molecule has 0 radical (unpaired) electrons. The van der Waals surface area contributed by atoms with Gasteiger partial charge in [-0.1, -0.05) is 0 Å². The van der Waals surface area contributed by atoms with Crippen molar-refractivity contribution in [2.45, 2.75) is 19.9 Å². The summed E-state index contributed by atoms with van der Waals surface area (Å²) in [6.07, 6.45) is 0. The lowest BCUT2D eigenvalue weighted by Crippen LogP contribution is -2.17. The smallest absolute Gasteiger partial charge is 0.275 e.